The maximum atomic E-state index is 14.6. The summed E-state index contributed by atoms with van der Waals surface area (Å²) in [5.74, 6) is 1.64. The molecule has 0 spiro atoms. The molecule has 1 aliphatic heterocycles. The minimum atomic E-state index is -2.07. The van der Waals surface area contributed by atoms with Crippen molar-refractivity contribution in [1.29, 1.82) is 0 Å². The van der Waals surface area contributed by atoms with Crippen LogP contribution in [0.15, 0.2) is 12.2 Å². The van der Waals surface area contributed by atoms with E-state index >= 15 is 0 Å². The second kappa shape index (κ2) is 12.8. The minimum Gasteiger partial charge on any atom is -0.462 e. The highest BCUT2D eigenvalue weighted by Gasteiger charge is 2.55. The predicted molar refractivity (Wildman–Crippen MR) is 181 cm³/mol. The van der Waals surface area contributed by atoms with E-state index in [4.69, 9.17) is 13.6 Å². The summed E-state index contributed by atoms with van der Waals surface area (Å²) in [5, 5.41) is 0.270. The fourth-order valence-electron chi connectivity index (χ4n) is 8.10. The molecule has 0 N–H and O–H groups in total. The summed E-state index contributed by atoms with van der Waals surface area (Å²) in [6.07, 6.45) is 11.8. The van der Waals surface area contributed by atoms with Crippen LogP contribution in [0.5, 0.6) is 0 Å². The minimum absolute atomic E-state index is 0.00969. The summed E-state index contributed by atoms with van der Waals surface area (Å²) >= 11 is 0. The molecule has 0 bridgehead atoms. The molecule has 4 aliphatic rings. The number of rotatable bonds is 5. The van der Waals surface area contributed by atoms with Gasteiger partial charge in [-0.3, -0.25) is 9.59 Å². The molecule has 3 aliphatic carbocycles. The standard InChI is InChI=1S/C36H64O5Si2/c1-13-25-15-14-16-32(41-43(11,12)36(6,7)8)23(2)34(38)31-21-29-27(30(31)22-33(37)39-25)18-17-24-19-26(20-28(24)29)40-42(9,10)35(3,4)5/h17-18,23-32H,13-16,19-22H2,1-12H3/t23-,24-,25+,26-,27-,28-,29-,30+,31?,32+/m1/s1. The van der Waals surface area contributed by atoms with Gasteiger partial charge in [-0.15, -0.1) is 0 Å². The zero-order valence-corrected chi connectivity index (χ0v) is 31.6. The van der Waals surface area contributed by atoms with Gasteiger partial charge in [0.1, 0.15) is 11.9 Å². The maximum absolute atomic E-state index is 14.6. The van der Waals surface area contributed by atoms with Crippen molar-refractivity contribution in [2.24, 2.45) is 41.4 Å². The molecule has 1 unspecified atom stereocenters. The first kappa shape index (κ1) is 35.1. The molecule has 0 radical (unpaired) electrons. The lowest BCUT2D eigenvalue weighted by Gasteiger charge is -2.41. The summed E-state index contributed by atoms with van der Waals surface area (Å²) in [4.78, 5) is 27.9. The fourth-order valence-corrected chi connectivity index (χ4v) is 10.9. The van der Waals surface area contributed by atoms with Crippen LogP contribution in [-0.4, -0.2) is 46.7 Å². The Balaban J connectivity index is 1.61. The monoisotopic (exact) mass is 632 g/mol. The molecule has 1 heterocycles. The number of ether oxygens (including phenoxy) is 1. The molecule has 10 atom stereocenters. The van der Waals surface area contributed by atoms with Crippen LogP contribution in [0, 0.1) is 41.4 Å². The van der Waals surface area contributed by atoms with Crippen LogP contribution in [0.1, 0.15) is 107 Å². The Morgan fingerprint density at radius 3 is 2.07 bits per heavy atom. The summed E-state index contributed by atoms with van der Waals surface area (Å²) in [5.41, 5.74) is 0. The van der Waals surface area contributed by atoms with Gasteiger partial charge in [-0.25, -0.2) is 0 Å². The highest BCUT2D eigenvalue weighted by atomic mass is 28.4. The number of carbonyl (C=O) groups is 2. The molecule has 43 heavy (non-hydrogen) atoms. The van der Waals surface area contributed by atoms with Crippen molar-refractivity contribution in [3.05, 3.63) is 12.2 Å². The quantitative estimate of drug-likeness (QED) is 0.172. The van der Waals surface area contributed by atoms with E-state index in [0.29, 0.717) is 30.0 Å². The second-order valence-corrected chi connectivity index (χ2v) is 27.2. The third-order valence-electron chi connectivity index (χ3n) is 12.8. The molecule has 0 aromatic rings. The third-order valence-corrected chi connectivity index (χ3v) is 21.9. The number of hydrogen-bond donors (Lipinski definition) is 0. The Morgan fingerprint density at radius 1 is 0.837 bits per heavy atom. The lowest BCUT2D eigenvalue weighted by Crippen LogP contribution is -2.47. The van der Waals surface area contributed by atoms with Gasteiger partial charge in [0.2, 0.25) is 0 Å². The molecule has 4 rings (SSSR count). The van der Waals surface area contributed by atoms with Gasteiger partial charge >= 0.3 is 5.97 Å². The number of fused-ring (bicyclic) bond motifs is 5. The average Bonchev–Trinajstić information content (AvgIpc) is 3.45. The molecule has 3 fully saturated rings. The number of carbonyl (C=O) groups excluding carboxylic acids is 2. The van der Waals surface area contributed by atoms with Crippen LogP contribution in [0.4, 0.5) is 0 Å². The van der Waals surface area contributed by atoms with Crippen molar-refractivity contribution in [1.82, 2.24) is 0 Å². The Kier molecular flexibility index (Phi) is 10.4. The Hall–Kier alpha value is -0.766. The average molecular weight is 633 g/mol. The largest absolute Gasteiger partial charge is 0.462 e. The molecule has 0 aromatic carbocycles. The molecular formula is C36H64O5Si2. The van der Waals surface area contributed by atoms with E-state index in [1.54, 1.807) is 0 Å². The van der Waals surface area contributed by atoms with Gasteiger partial charge < -0.3 is 13.6 Å². The van der Waals surface area contributed by atoms with E-state index in [2.05, 4.69) is 93.7 Å². The third kappa shape index (κ3) is 7.46. The summed E-state index contributed by atoms with van der Waals surface area (Å²) < 4.78 is 20.1. The van der Waals surface area contributed by atoms with Crippen molar-refractivity contribution >= 4 is 28.4 Å². The molecule has 7 heteroatoms. The van der Waals surface area contributed by atoms with Gasteiger partial charge in [0, 0.05) is 24.4 Å². The van der Waals surface area contributed by atoms with Crippen LogP contribution in [0.2, 0.25) is 36.3 Å². The van der Waals surface area contributed by atoms with Crippen molar-refractivity contribution < 1.29 is 23.2 Å². The van der Waals surface area contributed by atoms with Gasteiger partial charge in [0.25, 0.3) is 0 Å². The Morgan fingerprint density at radius 2 is 1.47 bits per heavy atom. The lowest BCUT2D eigenvalue weighted by atomic mass is 9.71. The Bertz CT molecular complexity index is 1040. The van der Waals surface area contributed by atoms with Crippen LogP contribution in [0.3, 0.4) is 0 Å². The summed E-state index contributed by atoms with van der Waals surface area (Å²) in [6.45, 7) is 27.3. The van der Waals surface area contributed by atoms with Crippen LogP contribution < -0.4 is 0 Å². The predicted octanol–water partition coefficient (Wildman–Crippen LogP) is 9.33. The number of ketones is 1. The summed E-state index contributed by atoms with van der Waals surface area (Å²) in [7, 11) is -3.94. The topological polar surface area (TPSA) is 61.8 Å². The maximum Gasteiger partial charge on any atom is 0.306 e. The number of allylic oxidation sites excluding steroid dienone is 2. The molecule has 5 nitrogen and oxygen atoms in total. The van der Waals surface area contributed by atoms with Crippen LogP contribution in [0.25, 0.3) is 0 Å². The molecule has 246 valence electrons. The fraction of sp³-hybridized carbons (Fsp3) is 0.889. The number of esters is 1. The van der Waals surface area contributed by atoms with Gasteiger partial charge in [0.15, 0.2) is 16.6 Å². The van der Waals surface area contributed by atoms with Crippen molar-refractivity contribution in [2.45, 2.75) is 161 Å². The lowest BCUT2D eigenvalue weighted by molar-refractivity contribution is -0.152. The van der Waals surface area contributed by atoms with Crippen molar-refractivity contribution in [2.75, 3.05) is 0 Å². The zero-order chi connectivity index (χ0) is 32.1. The van der Waals surface area contributed by atoms with Crippen LogP contribution >= 0.6 is 0 Å². The van der Waals surface area contributed by atoms with Gasteiger partial charge in [0.05, 0.1) is 6.10 Å². The molecule has 2 saturated carbocycles. The SMILES string of the molecule is CC[C@H]1CCC[C@H](O[Si](C)(C)C(C)(C)C)[C@@H](C)C(=O)C2C[C@@H]3[C@@H](C=C[C@@H]4C[C@@H](O[Si](C)(C)C(C)(C)C)C[C@@H]34)[C@@H]2CC(=O)O1. The van der Waals surface area contributed by atoms with E-state index in [9.17, 15) is 9.59 Å². The highest BCUT2D eigenvalue weighted by molar-refractivity contribution is 6.74. The van der Waals surface area contributed by atoms with Gasteiger partial charge in [-0.2, -0.15) is 0 Å². The normalized spacial score (nSPS) is 38.0. The molecular weight excluding hydrogens is 569 g/mol. The van der Waals surface area contributed by atoms with Crippen molar-refractivity contribution in [3.8, 4) is 0 Å². The molecule has 0 amide bonds. The van der Waals surface area contributed by atoms with E-state index in [-0.39, 0.29) is 58.0 Å². The summed E-state index contributed by atoms with van der Waals surface area (Å²) in [6, 6.07) is 0. The smallest absolute Gasteiger partial charge is 0.306 e. The number of hydrogen-bond acceptors (Lipinski definition) is 5. The Labute approximate surface area is 265 Å². The molecule has 1 saturated heterocycles. The first-order chi connectivity index (χ1) is 19.8. The van der Waals surface area contributed by atoms with Gasteiger partial charge in [-0.1, -0.05) is 67.5 Å². The van der Waals surface area contributed by atoms with E-state index in [1.807, 2.05) is 0 Å². The van der Waals surface area contributed by atoms with Crippen molar-refractivity contribution in [3.63, 3.8) is 0 Å². The van der Waals surface area contributed by atoms with E-state index in [1.165, 1.54) is 0 Å². The van der Waals surface area contributed by atoms with Gasteiger partial charge in [-0.05, 0) is 111 Å². The van der Waals surface area contributed by atoms with E-state index in [0.717, 1.165) is 44.9 Å². The second-order valence-electron chi connectivity index (χ2n) is 17.7. The number of cyclic esters (lactones) is 1. The first-order valence-electron chi connectivity index (χ1n) is 17.5. The van der Waals surface area contributed by atoms with Crippen LogP contribution in [-0.2, 0) is 23.2 Å². The van der Waals surface area contributed by atoms with E-state index < -0.39 is 16.6 Å². The highest BCUT2D eigenvalue weighted by Crippen LogP contribution is 2.57. The zero-order valence-electron chi connectivity index (χ0n) is 29.6. The first-order valence-corrected chi connectivity index (χ1v) is 23.3. The molecule has 0 aromatic heterocycles. The number of Topliss-reactive ketones (excluding diaryl/α,β-unsaturated/α-hetero) is 1.